The lowest BCUT2D eigenvalue weighted by atomic mass is 10.1. The molecule has 1 saturated heterocycles. The normalized spacial score (nSPS) is 20.8. The molecule has 2 N–H and O–H groups in total. The number of nitrogens with one attached hydrogen (secondary N) is 1. The van der Waals surface area contributed by atoms with Crippen LogP contribution in [0.1, 0.15) is 20.3 Å². The second-order valence-electron chi connectivity index (χ2n) is 5.86. The SMILES string of the molecule is CC.COc1c(F)cccc1-c1cc2c(nn1)NCC1CC(O)CN21. The molecule has 2 atom stereocenters. The third-order valence-electron chi connectivity index (χ3n) is 4.43. The molecule has 6 nitrogen and oxygen atoms in total. The van der Waals surface area contributed by atoms with Gasteiger partial charge in [0.05, 0.1) is 24.6 Å². The van der Waals surface area contributed by atoms with Crippen LogP contribution < -0.4 is 15.0 Å². The van der Waals surface area contributed by atoms with E-state index in [4.69, 9.17) is 4.74 Å². The van der Waals surface area contributed by atoms with Crippen LogP contribution in [0, 0.1) is 5.82 Å². The zero-order valence-corrected chi connectivity index (χ0v) is 14.7. The van der Waals surface area contributed by atoms with Crippen LogP contribution in [0.15, 0.2) is 24.3 Å². The van der Waals surface area contributed by atoms with E-state index >= 15 is 0 Å². The number of ether oxygens (including phenoxy) is 1. The number of methoxy groups -OCH3 is 1. The van der Waals surface area contributed by atoms with Gasteiger partial charge in [-0.3, -0.25) is 0 Å². The van der Waals surface area contributed by atoms with Gasteiger partial charge in [0, 0.05) is 24.7 Å². The molecule has 0 bridgehead atoms. The Kier molecular flexibility index (Phi) is 5.03. The lowest BCUT2D eigenvalue weighted by Gasteiger charge is -2.33. The Labute approximate surface area is 146 Å². The number of anilines is 2. The Bertz CT molecular complexity index is 756. The number of hydrogen-bond donors (Lipinski definition) is 2. The minimum absolute atomic E-state index is 0.156. The maximum absolute atomic E-state index is 13.9. The zero-order valence-electron chi connectivity index (χ0n) is 14.7. The van der Waals surface area contributed by atoms with Gasteiger partial charge in [-0.1, -0.05) is 19.9 Å². The first-order valence-electron chi connectivity index (χ1n) is 8.56. The summed E-state index contributed by atoms with van der Waals surface area (Å²) >= 11 is 0. The molecular weight excluding hydrogens is 323 g/mol. The topological polar surface area (TPSA) is 70.5 Å². The first kappa shape index (κ1) is 17.4. The lowest BCUT2D eigenvalue weighted by molar-refractivity contribution is 0.195. The van der Waals surface area contributed by atoms with Gasteiger partial charge in [-0.05, 0) is 24.6 Å². The standard InChI is InChI=1S/C16H17FN4O2.C2H6/c1-23-15-11(3-2-4-12(15)17)13-6-14-16(20-19-13)18-7-9-5-10(22)8-21(9)14;1-2/h2-4,6,9-10,22H,5,7-8H2,1H3,(H,18,20);1-2H3. The number of aromatic nitrogens is 2. The second-order valence-corrected chi connectivity index (χ2v) is 5.86. The van der Waals surface area contributed by atoms with Crippen LogP contribution in [0.5, 0.6) is 5.75 Å². The Balaban J connectivity index is 0.000000880. The Morgan fingerprint density at radius 2 is 2.12 bits per heavy atom. The van der Waals surface area contributed by atoms with Gasteiger partial charge in [0.25, 0.3) is 0 Å². The minimum atomic E-state index is -0.433. The summed E-state index contributed by atoms with van der Waals surface area (Å²) < 4.78 is 19.1. The highest BCUT2D eigenvalue weighted by molar-refractivity contribution is 5.77. The van der Waals surface area contributed by atoms with Gasteiger partial charge in [-0.2, -0.15) is 0 Å². The molecule has 0 radical (unpaired) electrons. The fourth-order valence-electron chi connectivity index (χ4n) is 3.37. The highest BCUT2D eigenvalue weighted by Crippen LogP contribution is 2.38. The smallest absolute Gasteiger partial charge is 0.172 e. The van der Waals surface area contributed by atoms with Crippen LogP contribution in [0.4, 0.5) is 15.9 Å². The number of nitrogens with zero attached hydrogens (tertiary/aromatic N) is 3. The maximum Gasteiger partial charge on any atom is 0.172 e. The van der Waals surface area contributed by atoms with E-state index in [1.807, 2.05) is 19.9 Å². The monoisotopic (exact) mass is 346 g/mol. The van der Waals surface area contributed by atoms with Crippen LogP contribution in [-0.2, 0) is 0 Å². The van der Waals surface area contributed by atoms with Gasteiger partial charge in [0.2, 0.25) is 0 Å². The Hall–Kier alpha value is -2.41. The van der Waals surface area contributed by atoms with Crippen molar-refractivity contribution in [1.29, 1.82) is 0 Å². The average molecular weight is 346 g/mol. The summed E-state index contributed by atoms with van der Waals surface area (Å²) in [6, 6.07) is 6.84. The van der Waals surface area contributed by atoms with E-state index in [2.05, 4.69) is 20.4 Å². The van der Waals surface area contributed by atoms with E-state index in [0.29, 0.717) is 23.6 Å². The number of aliphatic hydroxyl groups excluding tert-OH is 1. The molecule has 1 aromatic carbocycles. The number of fused-ring (bicyclic) bond motifs is 3. The van der Waals surface area contributed by atoms with Crippen LogP contribution >= 0.6 is 0 Å². The first-order valence-corrected chi connectivity index (χ1v) is 8.56. The minimum Gasteiger partial charge on any atom is -0.493 e. The summed E-state index contributed by atoms with van der Waals surface area (Å²) in [6.07, 6.45) is 0.390. The second kappa shape index (κ2) is 7.23. The summed E-state index contributed by atoms with van der Waals surface area (Å²) in [5.74, 6) is 0.412. The predicted octanol–water partition coefficient (Wildman–Crippen LogP) is 2.68. The molecule has 2 aliphatic heterocycles. The molecule has 1 aromatic heterocycles. The Morgan fingerprint density at radius 3 is 2.88 bits per heavy atom. The molecular formula is C18H23FN4O2. The number of aliphatic hydroxyl groups is 1. The molecule has 134 valence electrons. The summed E-state index contributed by atoms with van der Waals surface area (Å²) in [5, 5.41) is 21.6. The molecule has 2 unspecified atom stereocenters. The highest BCUT2D eigenvalue weighted by Gasteiger charge is 2.36. The van der Waals surface area contributed by atoms with E-state index in [1.165, 1.54) is 13.2 Å². The van der Waals surface area contributed by atoms with Crippen molar-refractivity contribution in [3.8, 4) is 17.0 Å². The van der Waals surface area contributed by atoms with Crippen LogP contribution in [0.3, 0.4) is 0 Å². The molecule has 2 aliphatic rings. The van der Waals surface area contributed by atoms with E-state index in [0.717, 1.165) is 18.7 Å². The van der Waals surface area contributed by atoms with E-state index in [-0.39, 0.29) is 17.9 Å². The summed E-state index contributed by atoms with van der Waals surface area (Å²) in [6.45, 7) is 5.31. The third-order valence-corrected chi connectivity index (χ3v) is 4.43. The average Bonchev–Trinajstić information content (AvgIpc) is 3.03. The van der Waals surface area contributed by atoms with Crippen molar-refractivity contribution >= 4 is 11.5 Å². The van der Waals surface area contributed by atoms with Crippen molar-refractivity contribution in [3.05, 3.63) is 30.1 Å². The fourth-order valence-corrected chi connectivity index (χ4v) is 3.37. The molecule has 1 fully saturated rings. The molecule has 2 aromatic rings. The van der Waals surface area contributed by atoms with Gasteiger partial charge < -0.3 is 20.1 Å². The molecule has 0 amide bonds. The molecule has 25 heavy (non-hydrogen) atoms. The third kappa shape index (κ3) is 3.11. The predicted molar refractivity (Wildman–Crippen MR) is 95.6 cm³/mol. The van der Waals surface area contributed by atoms with E-state index < -0.39 is 5.82 Å². The first-order chi connectivity index (χ1) is 12.2. The number of halogens is 1. The molecule has 7 heteroatoms. The lowest BCUT2D eigenvalue weighted by Crippen LogP contribution is -2.39. The molecule has 4 rings (SSSR count). The summed E-state index contributed by atoms with van der Waals surface area (Å²) in [4.78, 5) is 2.14. The highest BCUT2D eigenvalue weighted by atomic mass is 19.1. The van der Waals surface area contributed by atoms with Gasteiger partial charge in [0.15, 0.2) is 17.4 Å². The Morgan fingerprint density at radius 1 is 1.32 bits per heavy atom. The summed E-state index contributed by atoms with van der Waals surface area (Å²) in [5.41, 5.74) is 1.99. The quantitative estimate of drug-likeness (QED) is 0.871. The van der Waals surface area contributed by atoms with E-state index in [9.17, 15) is 9.50 Å². The molecule has 0 spiro atoms. The zero-order chi connectivity index (χ0) is 18.0. The molecule has 0 aliphatic carbocycles. The summed E-state index contributed by atoms with van der Waals surface area (Å²) in [7, 11) is 1.43. The van der Waals surface area contributed by atoms with Crippen molar-refractivity contribution in [2.24, 2.45) is 0 Å². The van der Waals surface area contributed by atoms with Crippen molar-refractivity contribution in [2.75, 3.05) is 30.4 Å². The van der Waals surface area contributed by atoms with E-state index in [1.54, 1.807) is 12.1 Å². The fraction of sp³-hybridized carbons (Fsp3) is 0.444. The number of hydrogen-bond acceptors (Lipinski definition) is 6. The molecule has 3 heterocycles. The van der Waals surface area contributed by atoms with Crippen molar-refractivity contribution in [2.45, 2.75) is 32.4 Å². The van der Waals surface area contributed by atoms with Crippen LogP contribution in [0.2, 0.25) is 0 Å². The molecule has 0 saturated carbocycles. The van der Waals surface area contributed by atoms with Crippen molar-refractivity contribution < 1.29 is 14.2 Å². The van der Waals surface area contributed by atoms with Crippen molar-refractivity contribution in [3.63, 3.8) is 0 Å². The van der Waals surface area contributed by atoms with Crippen LogP contribution in [0.25, 0.3) is 11.3 Å². The van der Waals surface area contributed by atoms with Crippen LogP contribution in [-0.4, -0.2) is 47.6 Å². The van der Waals surface area contributed by atoms with Crippen molar-refractivity contribution in [1.82, 2.24) is 10.2 Å². The largest absolute Gasteiger partial charge is 0.493 e. The number of rotatable bonds is 2. The van der Waals surface area contributed by atoms with Gasteiger partial charge in [-0.25, -0.2) is 4.39 Å². The number of para-hydroxylation sites is 1. The number of benzene rings is 1. The van der Waals surface area contributed by atoms with Gasteiger partial charge >= 0.3 is 0 Å². The van der Waals surface area contributed by atoms with Gasteiger partial charge in [-0.15, -0.1) is 10.2 Å². The van der Waals surface area contributed by atoms with Gasteiger partial charge in [0.1, 0.15) is 0 Å². The maximum atomic E-state index is 13.9.